The van der Waals surface area contributed by atoms with E-state index in [1.165, 1.54) is 6.07 Å². The number of hydrogen-bond donors (Lipinski definition) is 1. The second kappa shape index (κ2) is 4.72. The summed E-state index contributed by atoms with van der Waals surface area (Å²) < 4.78 is 1.81. The number of non-ortho nitro benzene ring substituents is 1. The average molecular weight is 262 g/mol. The largest absolute Gasteiger partial charge is 0.481 e. The van der Waals surface area contributed by atoms with E-state index in [9.17, 15) is 14.9 Å². The molecule has 19 heavy (non-hydrogen) atoms. The molecular formula is C13H14N2O4. The van der Waals surface area contributed by atoms with Gasteiger partial charge in [-0.2, -0.15) is 0 Å². The minimum absolute atomic E-state index is 0.0292. The molecule has 0 amide bonds. The number of carboxylic acids is 1. The Morgan fingerprint density at radius 1 is 1.47 bits per heavy atom. The second-order valence-corrected chi connectivity index (χ2v) is 4.54. The van der Waals surface area contributed by atoms with Crippen LogP contribution in [0.25, 0.3) is 10.9 Å². The van der Waals surface area contributed by atoms with E-state index in [0.717, 1.165) is 11.1 Å². The van der Waals surface area contributed by atoms with Crippen molar-refractivity contribution < 1.29 is 14.8 Å². The SMILES string of the molecule is Cc1ccc([N+](=O)[O-])c2c(CCC(=O)O)cn(C)c12. The van der Waals surface area contributed by atoms with Gasteiger partial charge in [0.05, 0.1) is 15.8 Å². The van der Waals surface area contributed by atoms with E-state index in [2.05, 4.69) is 0 Å². The van der Waals surface area contributed by atoms with E-state index in [0.29, 0.717) is 10.9 Å². The first-order valence-electron chi connectivity index (χ1n) is 5.85. The summed E-state index contributed by atoms with van der Waals surface area (Å²) in [6, 6.07) is 3.18. The Morgan fingerprint density at radius 3 is 2.74 bits per heavy atom. The maximum absolute atomic E-state index is 11.1. The first kappa shape index (κ1) is 13.1. The highest BCUT2D eigenvalue weighted by atomic mass is 16.6. The van der Waals surface area contributed by atoms with Gasteiger partial charge in [0.1, 0.15) is 0 Å². The van der Waals surface area contributed by atoms with Crippen LogP contribution in [0.1, 0.15) is 17.5 Å². The monoisotopic (exact) mass is 262 g/mol. The van der Waals surface area contributed by atoms with Crippen molar-refractivity contribution in [2.45, 2.75) is 19.8 Å². The van der Waals surface area contributed by atoms with Crippen LogP contribution in [0.5, 0.6) is 0 Å². The fourth-order valence-electron chi connectivity index (χ4n) is 2.40. The van der Waals surface area contributed by atoms with Crippen LogP contribution in [-0.2, 0) is 18.3 Å². The lowest BCUT2D eigenvalue weighted by molar-refractivity contribution is -0.383. The van der Waals surface area contributed by atoms with Crippen LogP contribution in [0.4, 0.5) is 5.69 Å². The Balaban J connectivity index is 2.67. The van der Waals surface area contributed by atoms with Gasteiger partial charge in [0.2, 0.25) is 0 Å². The normalized spacial score (nSPS) is 10.8. The molecule has 6 heteroatoms. The third-order valence-corrected chi connectivity index (χ3v) is 3.19. The van der Waals surface area contributed by atoms with Crippen molar-refractivity contribution in [3.63, 3.8) is 0 Å². The molecule has 1 heterocycles. The lowest BCUT2D eigenvalue weighted by Crippen LogP contribution is -1.98. The van der Waals surface area contributed by atoms with Crippen LogP contribution in [-0.4, -0.2) is 20.6 Å². The number of fused-ring (bicyclic) bond motifs is 1. The van der Waals surface area contributed by atoms with Gasteiger partial charge in [-0.3, -0.25) is 14.9 Å². The van der Waals surface area contributed by atoms with Crippen LogP contribution < -0.4 is 0 Å². The van der Waals surface area contributed by atoms with E-state index in [1.807, 2.05) is 18.5 Å². The van der Waals surface area contributed by atoms with Crippen LogP contribution in [0.2, 0.25) is 0 Å². The van der Waals surface area contributed by atoms with E-state index < -0.39 is 10.9 Å². The molecule has 1 aromatic carbocycles. The summed E-state index contributed by atoms with van der Waals surface area (Å²) >= 11 is 0. The molecule has 0 saturated carbocycles. The first-order chi connectivity index (χ1) is 8.91. The quantitative estimate of drug-likeness (QED) is 0.677. The molecule has 2 aromatic rings. The Labute approximate surface area is 109 Å². The molecule has 0 unspecified atom stereocenters. The summed E-state index contributed by atoms with van der Waals surface area (Å²) in [5, 5.41) is 20.4. The number of nitrogens with zero attached hydrogens (tertiary/aromatic N) is 2. The highest BCUT2D eigenvalue weighted by Gasteiger charge is 2.20. The highest BCUT2D eigenvalue weighted by Crippen LogP contribution is 2.32. The Hall–Kier alpha value is -2.37. The van der Waals surface area contributed by atoms with E-state index >= 15 is 0 Å². The smallest absolute Gasteiger partial charge is 0.303 e. The molecule has 6 nitrogen and oxygen atoms in total. The molecule has 2 rings (SSSR count). The highest BCUT2D eigenvalue weighted by molar-refractivity contribution is 5.94. The molecule has 0 saturated heterocycles. The van der Waals surface area contributed by atoms with Gasteiger partial charge in [-0.25, -0.2) is 0 Å². The van der Waals surface area contributed by atoms with Gasteiger partial charge in [0.15, 0.2) is 0 Å². The fourth-order valence-corrected chi connectivity index (χ4v) is 2.40. The first-order valence-corrected chi connectivity index (χ1v) is 5.85. The molecule has 0 aliphatic rings. The molecule has 0 bridgehead atoms. The van der Waals surface area contributed by atoms with Gasteiger partial charge in [-0.15, -0.1) is 0 Å². The van der Waals surface area contributed by atoms with E-state index in [1.54, 1.807) is 12.3 Å². The molecular weight excluding hydrogens is 248 g/mol. The Bertz CT molecular complexity index is 673. The second-order valence-electron chi connectivity index (χ2n) is 4.54. The third-order valence-electron chi connectivity index (χ3n) is 3.19. The van der Waals surface area contributed by atoms with Crippen molar-refractivity contribution in [3.05, 3.63) is 39.6 Å². The molecule has 0 fully saturated rings. The topological polar surface area (TPSA) is 85.4 Å². The molecule has 100 valence electrons. The minimum atomic E-state index is -0.910. The number of aromatic nitrogens is 1. The summed E-state index contributed by atoms with van der Waals surface area (Å²) in [6.45, 7) is 1.88. The maximum Gasteiger partial charge on any atom is 0.303 e. The van der Waals surface area contributed by atoms with Gasteiger partial charge in [0.25, 0.3) is 5.69 Å². The average Bonchev–Trinajstić information content (AvgIpc) is 2.65. The number of carbonyl (C=O) groups is 1. The van der Waals surface area contributed by atoms with Crippen molar-refractivity contribution in [3.8, 4) is 0 Å². The number of nitro groups is 1. The third kappa shape index (κ3) is 2.29. The number of aliphatic carboxylic acids is 1. The lowest BCUT2D eigenvalue weighted by Gasteiger charge is -2.02. The van der Waals surface area contributed by atoms with Crippen molar-refractivity contribution in [2.24, 2.45) is 7.05 Å². The van der Waals surface area contributed by atoms with Crippen LogP contribution in [0, 0.1) is 17.0 Å². The lowest BCUT2D eigenvalue weighted by atomic mass is 10.0. The van der Waals surface area contributed by atoms with Crippen LogP contribution in [0.15, 0.2) is 18.3 Å². The summed E-state index contributed by atoms with van der Waals surface area (Å²) in [5.74, 6) is -0.910. The van der Waals surface area contributed by atoms with Crippen molar-refractivity contribution >= 4 is 22.6 Å². The standard InChI is InChI=1S/C13H14N2O4/c1-8-3-5-10(15(18)19)12-9(4-6-11(16)17)7-14(2)13(8)12/h3,5,7H,4,6H2,1-2H3,(H,16,17). The predicted octanol–water partition coefficient (Wildman–Crippen LogP) is 2.41. The van der Waals surface area contributed by atoms with Gasteiger partial charge in [-0.1, -0.05) is 6.07 Å². The molecule has 1 aromatic heterocycles. The van der Waals surface area contributed by atoms with Gasteiger partial charge in [0, 0.05) is 25.7 Å². The molecule has 0 aliphatic heterocycles. The molecule has 0 spiro atoms. The number of benzene rings is 1. The Kier molecular flexibility index (Phi) is 3.25. The molecule has 0 aliphatic carbocycles. The zero-order valence-corrected chi connectivity index (χ0v) is 10.7. The number of nitro benzene ring substituents is 1. The zero-order chi connectivity index (χ0) is 14.2. The Morgan fingerprint density at radius 2 is 2.16 bits per heavy atom. The summed E-state index contributed by atoms with van der Waals surface area (Å²) in [6.07, 6.45) is 2.02. The fraction of sp³-hybridized carbons (Fsp3) is 0.308. The van der Waals surface area contributed by atoms with Crippen LogP contribution >= 0.6 is 0 Å². The van der Waals surface area contributed by atoms with E-state index in [4.69, 9.17) is 5.11 Å². The van der Waals surface area contributed by atoms with Crippen molar-refractivity contribution in [2.75, 3.05) is 0 Å². The van der Waals surface area contributed by atoms with Gasteiger partial charge in [-0.05, 0) is 24.5 Å². The van der Waals surface area contributed by atoms with Crippen molar-refractivity contribution in [1.82, 2.24) is 4.57 Å². The summed E-state index contributed by atoms with van der Waals surface area (Å²) in [7, 11) is 1.81. The summed E-state index contributed by atoms with van der Waals surface area (Å²) in [4.78, 5) is 21.3. The predicted molar refractivity (Wildman–Crippen MR) is 70.3 cm³/mol. The summed E-state index contributed by atoms with van der Waals surface area (Å²) in [5.41, 5.74) is 2.45. The molecule has 0 radical (unpaired) electrons. The van der Waals surface area contributed by atoms with E-state index in [-0.39, 0.29) is 18.5 Å². The molecule has 0 atom stereocenters. The van der Waals surface area contributed by atoms with Crippen molar-refractivity contribution in [1.29, 1.82) is 0 Å². The molecule has 1 N–H and O–H groups in total. The minimum Gasteiger partial charge on any atom is -0.481 e. The number of aryl methyl sites for hydroxylation is 3. The number of hydrogen-bond acceptors (Lipinski definition) is 3. The maximum atomic E-state index is 11.1. The zero-order valence-electron chi connectivity index (χ0n) is 10.7. The van der Waals surface area contributed by atoms with Gasteiger partial charge < -0.3 is 9.67 Å². The van der Waals surface area contributed by atoms with Gasteiger partial charge >= 0.3 is 5.97 Å². The van der Waals surface area contributed by atoms with Crippen LogP contribution in [0.3, 0.4) is 0 Å². The number of rotatable bonds is 4. The number of carboxylic acid groups (broad SMARTS) is 1.